The van der Waals surface area contributed by atoms with Crippen LogP contribution in [0, 0.1) is 11.7 Å². The zero-order valence-corrected chi connectivity index (χ0v) is 18.7. The van der Waals surface area contributed by atoms with Crippen LogP contribution in [0.4, 0.5) is 15.0 Å². The van der Waals surface area contributed by atoms with Gasteiger partial charge in [-0.1, -0.05) is 17.7 Å². The molecule has 0 spiro atoms. The summed E-state index contributed by atoms with van der Waals surface area (Å²) in [6.45, 7) is 6.86. The van der Waals surface area contributed by atoms with E-state index in [1.54, 1.807) is 11.0 Å². The number of benzene rings is 1. The minimum atomic E-state index is -0.682. The fourth-order valence-corrected chi connectivity index (χ4v) is 3.62. The Hall–Kier alpha value is -2.67. The number of nitrogens with zero attached hydrogens (tertiary/aromatic N) is 2. The van der Waals surface area contributed by atoms with Crippen molar-refractivity contribution in [3.8, 4) is 0 Å². The summed E-state index contributed by atoms with van der Waals surface area (Å²) in [5.41, 5.74) is 0.244. The third-order valence-corrected chi connectivity index (χ3v) is 5.22. The largest absolute Gasteiger partial charge is 0.444 e. The number of anilines is 1. The number of aromatic nitrogens is 1. The van der Waals surface area contributed by atoms with Crippen molar-refractivity contribution in [1.82, 2.24) is 9.88 Å². The number of hydrogen-bond acceptors (Lipinski definition) is 4. The molecule has 1 fully saturated rings. The molecule has 0 unspecified atom stereocenters. The standard InChI is InChI=1S/C23H27ClFN3O3/c1-23(2,3)31-22(30)28-11-9-15(10-12-28)13-17-5-4-6-20(26-17)27-21(29)18-8-7-16(24)14-19(18)25/h4-8,14-15H,9-13H2,1-3H3,(H,26,27,29). The molecule has 1 N–H and O–H groups in total. The van der Waals surface area contributed by atoms with Crippen molar-refractivity contribution < 1.29 is 18.7 Å². The minimum Gasteiger partial charge on any atom is -0.444 e. The van der Waals surface area contributed by atoms with Gasteiger partial charge in [0.15, 0.2) is 0 Å². The summed E-state index contributed by atoms with van der Waals surface area (Å²) in [7, 11) is 0. The number of likely N-dealkylation sites (tertiary alicyclic amines) is 1. The molecular formula is C23H27ClFN3O3. The van der Waals surface area contributed by atoms with E-state index in [-0.39, 0.29) is 16.7 Å². The van der Waals surface area contributed by atoms with Crippen LogP contribution >= 0.6 is 11.6 Å². The first kappa shape index (κ1) is 23.0. The second kappa shape index (κ2) is 9.64. The lowest BCUT2D eigenvalue weighted by Crippen LogP contribution is -2.42. The number of rotatable bonds is 4. The highest BCUT2D eigenvalue weighted by Gasteiger charge is 2.27. The smallest absolute Gasteiger partial charge is 0.410 e. The number of carbonyl (C=O) groups is 2. The molecular weight excluding hydrogens is 421 g/mol. The number of piperidine rings is 1. The van der Waals surface area contributed by atoms with Gasteiger partial charge in [-0.15, -0.1) is 0 Å². The summed E-state index contributed by atoms with van der Waals surface area (Å²) < 4.78 is 19.4. The molecule has 6 nitrogen and oxygen atoms in total. The lowest BCUT2D eigenvalue weighted by Gasteiger charge is -2.33. The molecule has 2 heterocycles. The third kappa shape index (κ3) is 6.66. The zero-order valence-electron chi connectivity index (χ0n) is 18.0. The maximum atomic E-state index is 14.0. The van der Waals surface area contributed by atoms with Crippen LogP contribution in [-0.4, -0.2) is 40.6 Å². The van der Waals surface area contributed by atoms with Gasteiger partial charge in [0, 0.05) is 23.8 Å². The average molecular weight is 448 g/mol. The Labute approximate surface area is 186 Å². The van der Waals surface area contributed by atoms with E-state index < -0.39 is 17.3 Å². The van der Waals surface area contributed by atoms with Crippen molar-refractivity contribution in [3.05, 3.63) is 58.5 Å². The van der Waals surface area contributed by atoms with Gasteiger partial charge >= 0.3 is 6.09 Å². The highest BCUT2D eigenvalue weighted by molar-refractivity contribution is 6.30. The monoisotopic (exact) mass is 447 g/mol. The molecule has 0 aliphatic carbocycles. The molecule has 0 saturated carbocycles. The van der Waals surface area contributed by atoms with E-state index in [0.717, 1.165) is 31.0 Å². The number of carbonyl (C=O) groups excluding carboxylic acids is 2. The Bertz CT molecular complexity index is 953. The van der Waals surface area contributed by atoms with Gasteiger partial charge in [0.05, 0.1) is 5.56 Å². The first-order valence-corrected chi connectivity index (χ1v) is 10.7. The molecule has 3 rings (SSSR count). The molecule has 31 heavy (non-hydrogen) atoms. The van der Waals surface area contributed by atoms with Crippen LogP contribution in [0.15, 0.2) is 36.4 Å². The van der Waals surface area contributed by atoms with Crippen molar-refractivity contribution in [2.75, 3.05) is 18.4 Å². The van der Waals surface area contributed by atoms with Gasteiger partial charge in [-0.05, 0) is 76.3 Å². The molecule has 0 radical (unpaired) electrons. The van der Waals surface area contributed by atoms with Gasteiger partial charge in [-0.25, -0.2) is 14.2 Å². The number of ether oxygens (including phenoxy) is 1. The highest BCUT2D eigenvalue weighted by Crippen LogP contribution is 2.23. The molecule has 0 atom stereocenters. The number of amides is 2. The van der Waals surface area contributed by atoms with Gasteiger partial charge in [-0.2, -0.15) is 0 Å². The molecule has 0 bridgehead atoms. The van der Waals surface area contributed by atoms with E-state index in [1.807, 2.05) is 32.9 Å². The van der Waals surface area contributed by atoms with Crippen molar-refractivity contribution in [1.29, 1.82) is 0 Å². The fourth-order valence-electron chi connectivity index (χ4n) is 3.46. The van der Waals surface area contributed by atoms with Crippen molar-refractivity contribution in [3.63, 3.8) is 0 Å². The summed E-state index contributed by atoms with van der Waals surface area (Å²) in [4.78, 5) is 30.8. The summed E-state index contributed by atoms with van der Waals surface area (Å²) in [5, 5.41) is 2.87. The van der Waals surface area contributed by atoms with Crippen LogP contribution < -0.4 is 5.32 Å². The SMILES string of the molecule is CC(C)(C)OC(=O)N1CCC(Cc2cccc(NC(=O)c3ccc(Cl)cc3F)n2)CC1. The molecule has 1 saturated heterocycles. The van der Waals surface area contributed by atoms with Crippen LogP contribution in [-0.2, 0) is 11.2 Å². The molecule has 1 aliphatic heterocycles. The Morgan fingerprint density at radius 2 is 1.94 bits per heavy atom. The predicted octanol–water partition coefficient (Wildman–Crippen LogP) is 5.32. The van der Waals surface area contributed by atoms with Gasteiger partial charge in [0.2, 0.25) is 0 Å². The lowest BCUT2D eigenvalue weighted by molar-refractivity contribution is 0.0184. The Morgan fingerprint density at radius 3 is 2.58 bits per heavy atom. The van der Waals surface area contributed by atoms with E-state index in [2.05, 4.69) is 10.3 Å². The van der Waals surface area contributed by atoms with Gasteiger partial charge in [0.1, 0.15) is 17.2 Å². The zero-order chi connectivity index (χ0) is 22.6. The quantitative estimate of drug-likeness (QED) is 0.688. The molecule has 1 aromatic heterocycles. The maximum Gasteiger partial charge on any atom is 0.410 e. The number of halogens is 2. The van der Waals surface area contributed by atoms with Crippen LogP contribution in [0.3, 0.4) is 0 Å². The topological polar surface area (TPSA) is 71.5 Å². The Morgan fingerprint density at radius 1 is 1.23 bits per heavy atom. The molecule has 1 aromatic carbocycles. The number of hydrogen-bond donors (Lipinski definition) is 1. The fraction of sp³-hybridized carbons (Fsp3) is 0.435. The van der Waals surface area contributed by atoms with Crippen LogP contribution in [0.5, 0.6) is 0 Å². The Kier molecular flexibility index (Phi) is 7.15. The van der Waals surface area contributed by atoms with E-state index >= 15 is 0 Å². The molecule has 1 aliphatic rings. The first-order chi connectivity index (χ1) is 14.6. The second-order valence-electron chi connectivity index (χ2n) is 8.71. The number of nitrogens with one attached hydrogen (secondary N) is 1. The summed E-state index contributed by atoms with van der Waals surface area (Å²) >= 11 is 5.74. The second-order valence-corrected chi connectivity index (χ2v) is 9.14. The van der Waals surface area contributed by atoms with Crippen LogP contribution in [0.25, 0.3) is 0 Å². The Balaban J connectivity index is 1.55. The predicted molar refractivity (Wildman–Crippen MR) is 118 cm³/mol. The summed E-state index contributed by atoms with van der Waals surface area (Å²) in [6.07, 6.45) is 2.17. The maximum absolute atomic E-state index is 14.0. The summed E-state index contributed by atoms with van der Waals surface area (Å²) in [5.74, 6) is -0.517. The van der Waals surface area contributed by atoms with E-state index in [9.17, 15) is 14.0 Å². The highest BCUT2D eigenvalue weighted by atomic mass is 35.5. The van der Waals surface area contributed by atoms with Crippen LogP contribution in [0.1, 0.15) is 49.7 Å². The van der Waals surface area contributed by atoms with Gasteiger partial charge in [0.25, 0.3) is 5.91 Å². The first-order valence-electron chi connectivity index (χ1n) is 10.3. The van der Waals surface area contributed by atoms with Crippen LogP contribution in [0.2, 0.25) is 5.02 Å². The number of pyridine rings is 1. The van der Waals surface area contributed by atoms with Gasteiger partial charge < -0.3 is 15.0 Å². The molecule has 166 valence electrons. The third-order valence-electron chi connectivity index (χ3n) is 4.99. The molecule has 8 heteroatoms. The minimum absolute atomic E-state index is 0.0916. The average Bonchev–Trinajstić information content (AvgIpc) is 2.67. The van der Waals surface area contributed by atoms with E-state index in [4.69, 9.17) is 16.3 Å². The summed E-state index contributed by atoms with van der Waals surface area (Å²) in [6, 6.07) is 9.29. The van der Waals surface area contributed by atoms with E-state index in [1.165, 1.54) is 12.1 Å². The van der Waals surface area contributed by atoms with Crippen molar-refractivity contribution >= 4 is 29.4 Å². The molecule has 2 amide bonds. The van der Waals surface area contributed by atoms with E-state index in [0.29, 0.717) is 24.8 Å². The van der Waals surface area contributed by atoms with Gasteiger partial charge in [-0.3, -0.25) is 4.79 Å². The van der Waals surface area contributed by atoms with Crippen molar-refractivity contribution in [2.45, 2.75) is 45.6 Å². The molecule has 2 aromatic rings. The normalized spacial score (nSPS) is 14.9. The lowest BCUT2D eigenvalue weighted by atomic mass is 9.92. The van der Waals surface area contributed by atoms with Crippen molar-refractivity contribution in [2.24, 2.45) is 5.92 Å².